The zero-order valence-corrected chi connectivity index (χ0v) is 14.6. The maximum atomic E-state index is 6.43. The minimum Gasteiger partial charge on any atom is -0.314 e. The van der Waals surface area contributed by atoms with Crippen LogP contribution in [0.25, 0.3) is 0 Å². The van der Waals surface area contributed by atoms with Gasteiger partial charge in [0.05, 0.1) is 0 Å². The van der Waals surface area contributed by atoms with Gasteiger partial charge in [-0.3, -0.25) is 0 Å². The van der Waals surface area contributed by atoms with Gasteiger partial charge in [0.15, 0.2) is 0 Å². The first-order chi connectivity index (χ1) is 9.47. The van der Waals surface area contributed by atoms with Crippen LogP contribution in [0.2, 0.25) is 5.02 Å². The molecular formula is C17H23BrClN. The number of nitrogens with one attached hydrogen (secondary N) is 1. The Morgan fingerprint density at radius 1 is 1.35 bits per heavy atom. The van der Waals surface area contributed by atoms with E-state index >= 15 is 0 Å². The van der Waals surface area contributed by atoms with E-state index in [-0.39, 0.29) is 0 Å². The van der Waals surface area contributed by atoms with Crippen molar-refractivity contribution in [3.63, 3.8) is 0 Å². The molecule has 0 radical (unpaired) electrons. The van der Waals surface area contributed by atoms with Crippen LogP contribution >= 0.6 is 27.5 Å². The largest absolute Gasteiger partial charge is 0.314 e. The third-order valence-corrected chi connectivity index (χ3v) is 5.77. The van der Waals surface area contributed by atoms with Gasteiger partial charge in [-0.15, -0.1) is 0 Å². The summed E-state index contributed by atoms with van der Waals surface area (Å²) in [6.45, 7) is 5.59. The van der Waals surface area contributed by atoms with Crippen LogP contribution in [0, 0.1) is 17.3 Å². The van der Waals surface area contributed by atoms with Crippen molar-refractivity contribution in [2.75, 3.05) is 6.54 Å². The molecule has 1 N–H and O–H groups in total. The summed E-state index contributed by atoms with van der Waals surface area (Å²) in [5, 5.41) is 4.57. The van der Waals surface area contributed by atoms with Gasteiger partial charge < -0.3 is 5.32 Å². The van der Waals surface area contributed by atoms with Crippen LogP contribution in [0.1, 0.15) is 38.7 Å². The minimum absolute atomic E-state index is 0.426. The molecule has 3 rings (SSSR count). The Morgan fingerprint density at radius 3 is 2.65 bits per heavy atom. The van der Waals surface area contributed by atoms with Crippen molar-refractivity contribution < 1.29 is 0 Å². The van der Waals surface area contributed by atoms with Gasteiger partial charge in [-0.05, 0) is 60.6 Å². The Balaban J connectivity index is 1.76. The fraction of sp³-hybridized carbons (Fsp3) is 0.647. The summed E-state index contributed by atoms with van der Waals surface area (Å²) in [7, 11) is 0. The molecule has 2 saturated carbocycles. The molecule has 2 unspecified atom stereocenters. The molecule has 2 aliphatic carbocycles. The summed E-state index contributed by atoms with van der Waals surface area (Å²) in [5.41, 5.74) is 1.73. The van der Waals surface area contributed by atoms with E-state index in [1.807, 2.05) is 6.07 Å². The molecule has 0 spiro atoms. The van der Waals surface area contributed by atoms with Crippen molar-refractivity contribution >= 4 is 27.5 Å². The number of halogens is 2. The van der Waals surface area contributed by atoms with Gasteiger partial charge in [0, 0.05) is 22.1 Å². The fourth-order valence-electron chi connectivity index (χ4n) is 3.85. The summed E-state index contributed by atoms with van der Waals surface area (Å²) in [5.74, 6) is 2.00. The van der Waals surface area contributed by atoms with E-state index in [0.29, 0.717) is 11.5 Å². The summed E-state index contributed by atoms with van der Waals surface area (Å²) in [6.07, 6.45) is 5.34. The fourth-order valence-corrected chi connectivity index (χ4v) is 4.59. The number of rotatable bonds is 5. The van der Waals surface area contributed by atoms with Crippen molar-refractivity contribution in [2.24, 2.45) is 17.3 Å². The topological polar surface area (TPSA) is 12.0 Å². The second-order valence-corrected chi connectivity index (χ2v) is 8.44. The average Bonchev–Trinajstić information content (AvgIpc) is 2.99. The predicted molar refractivity (Wildman–Crippen MR) is 89.3 cm³/mol. The standard InChI is InChI=1S/C17H23BrClN/c1-11(2)20-10-17(8-13-5-14(13)9-17)7-12-3-4-15(18)6-16(12)19/h3-4,6,11,13-14,20H,5,7-10H2,1-2H3. The Kier molecular flexibility index (Phi) is 4.18. The first-order valence-electron chi connectivity index (χ1n) is 7.65. The quantitative estimate of drug-likeness (QED) is 0.777. The van der Waals surface area contributed by atoms with Crippen LogP contribution in [0.3, 0.4) is 0 Å². The zero-order valence-electron chi connectivity index (χ0n) is 12.3. The van der Waals surface area contributed by atoms with E-state index in [4.69, 9.17) is 11.6 Å². The zero-order chi connectivity index (χ0) is 14.3. The SMILES string of the molecule is CC(C)NCC1(Cc2ccc(Br)cc2Cl)CC2CC2C1. The summed E-state index contributed by atoms with van der Waals surface area (Å²) in [6, 6.07) is 6.88. The van der Waals surface area contributed by atoms with E-state index in [9.17, 15) is 0 Å². The Hall–Kier alpha value is -0.0500. The Bertz CT molecular complexity index is 490. The van der Waals surface area contributed by atoms with Crippen LogP contribution in [0.15, 0.2) is 22.7 Å². The van der Waals surface area contributed by atoms with E-state index in [2.05, 4.69) is 47.2 Å². The molecule has 1 aromatic rings. The van der Waals surface area contributed by atoms with Crippen LogP contribution in [-0.2, 0) is 6.42 Å². The lowest BCUT2D eigenvalue weighted by Crippen LogP contribution is -2.38. The van der Waals surface area contributed by atoms with Crippen LogP contribution < -0.4 is 5.32 Å². The normalized spacial score (nSPS) is 31.6. The minimum atomic E-state index is 0.426. The molecule has 0 saturated heterocycles. The molecule has 2 fully saturated rings. The third kappa shape index (κ3) is 3.23. The van der Waals surface area contributed by atoms with Crippen molar-refractivity contribution in [1.82, 2.24) is 5.32 Å². The lowest BCUT2D eigenvalue weighted by Gasteiger charge is -2.33. The first kappa shape index (κ1) is 14.9. The Morgan fingerprint density at radius 2 is 2.05 bits per heavy atom. The van der Waals surface area contributed by atoms with Gasteiger partial charge in [-0.2, -0.15) is 0 Å². The molecule has 1 aromatic carbocycles. The van der Waals surface area contributed by atoms with Crippen molar-refractivity contribution in [3.8, 4) is 0 Å². The first-order valence-corrected chi connectivity index (χ1v) is 8.82. The molecule has 1 nitrogen and oxygen atoms in total. The molecule has 110 valence electrons. The summed E-state index contributed by atoms with van der Waals surface area (Å²) in [4.78, 5) is 0. The maximum absolute atomic E-state index is 6.43. The Labute approximate surface area is 135 Å². The van der Waals surface area contributed by atoms with Crippen LogP contribution in [0.4, 0.5) is 0 Å². The highest BCUT2D eigenvalue weighted by atomic mass is 79.9. The van der Waals surface area contributed by atoms with E-state index in [0.717, 1.165) is 34.3 Å². The third-order valence-electron chi connectivity index (χ3n) is 4.93. The highest BCUT2D eigenvalue weighted by molar-refractivity contribution is 9.10. The molecule has 3 heteroatoms. The number of hydrogen-bond acceptors (Lipinski definition) is 1. The van der Waals surface area contributed by atoms with Gasteiger partial charge in [-0.1, -0.05) is 47.4 Å². The number of fused-ring (bicyclic) bond motifs is 1. The maximum Gasteiger partial charge on any atom is 0.0449 e. The van der Waals surface area contributed by atoms with E-state index < -0.39 is 0 Å². The van der Waals surface area contributed by atoms with Gasteiger partial charge in [0.1, 0.15) is 0 Å². The van der Waals surface area contributed by atoms with Crippen molar-refractivity contribution in [1.29, 1.82) is 0 Å². The second-order valence-electron chi connectivity index (χ2n) is 7.11. The molecule has 20 heavy (non-hydrogen) atoms. The van der Waals surface area contributed by atoms with Gasteiger partial charge in [0.25, 0.3) is 0 Å². The van der Waals surface area contributed by atoms with Gasteiger partial charge in [0.2, 0.25) is 0 Å². The van der Waals surface area contributed by atoms with Crippen molar-refractivity contribution in [2.45, 2.75) is 45.6 Å². The van der Waals surface area contributed by atoms with E-state index in [1.54, 1.807) is 0 Å². The molecule has 2 atom stereocenters. The average molecular weight is 357 g/mol. The molecule has 2 aliphatic rings. The van der Waals surface area contributed by atoms with Gasteiger partial charge in [-0.25, -0.2) is 0 Å². The van der Waals surface area contributed by atoms with Crippen molar-refractivity contribution in [3.05, 3.63) is 33.3 Å². The molecule has 0 bridgehead atoms. The number of hydrogen-bond donors (Lipinski definition) is 1. The molecule has 0 amide bonds. The van der Waals surface area contributed by atoms with Crippen LogP contribution in [0.5, 0.6) is 0 Å². The molecule has 0 aromatic heterocycles. The van der Waals surface area contributed by atoms with E-state index in [1.165, 1.54) is 24.8 Å². The predicted octanol–water partition coefficient (Wildman–Crippen LogP) is 5.06. The second kappa shape index (κ2) is 5.62. The number of benzene rings is 1. The van der Waals surface area contributed by atoms with Crippen LogP contribution in [-0.4, -0.2) is 12.6 Å². The highest BCUT2D eigenvalue weighted by Gasteiger charge is 2.53. The molecular weight excluding hydrogens is 334 g/mol. The lowest BCUT2D eigenvalue weighted by molar-refractivity contribution is 0.241. The molecule has 0 heterocycles. The van der Waals surface area contributed by atoms with Gasteiger partial charge >= 0.3 is 0 Å². The molecule has 0 aliphatic heterocycles. The summed E-state index contributed by atoms with van der Waals surface area (Å²) < 4.78 is 1.06. The monoisotopic (exact) mass is 355 g/mol. The smallest absolute Gasteiger partial charge is 0.0449 e. The summed E-state index contributed by atoms with van der Waals surface area (Å²) >= 11 is 9.92. The lowest BCUT2D eigenvalue weighted by atomic mass is 9.77. The highest BCUT2D eigenvalue weighted by Crippen LogP contribution is 2.60.